The van der Waals surface area contributed by atoms with E-state index >= 15 is 0 Å². The number of esters is 1. The van der Waals surface area contributed by atoms with Crippen molar-refractivity contribution >= 4 is 24.9 Å². The molecule has 5 rings (SSSR count). The van der Waals surface area contributed by atoms with Gasteiger partial charge in [0.25, 0.3) is 5.56 Å². The Bertz CT molecular complexity index is 1530. The molecule has 0 radical (unpaired) electrons. The summed E-state index contributed by atoms with van der Waals surface area (Å²) < 4.78 is 12.5. The maximum Gasteiger partial charge on any atom is 0.343 e. The van der Waals surface area contributed by atoms with Gasteiger partial charge in [0, 0.05) is 16.5 Å². The first kappa shape index (κ1) is 24.2. The number of cyclic esters (lactones) is 1. The van der Waals surface area contributed by atoms with Crippen molar-refractivity contribution in [2.45, 2.75) is 64.2 Å². The molecule has 9 heteroatoms. The predicted octanol–water partition coefficient (Wildman–Crippen LogP) is 3.96. The van der Waals surface area contributed by atoms with Crippen LogP contribution >= 0.6 is 0 Å². The Morgan fingerprint density at radius 1 is 1.31 bits per heavy atom. The molecule has 4 heterocycles. The van der Waals surface area contributed by atoms with Crippen LogP contribution in [0, 0.1) is 11.3 Å². The summed E-state index contributed by atoms with van der Waals surface area (Å²) in [5.74, 6) is -0.160. The average molecular weight is 504 g/mol. The van der Waals surface area contributed by atoms with Crippen LogP contribution in [0.15, 0.2) is 29.1 Å². The fraction of sp³-hybridized carbons (Fsp3) is 0.407. The molecule has 0 saturated carbocycles. The number of ether oxygens (including phenoxy) is 2. The summed E-state index contributed by atoms with van der Waals surface area (Å²) in [5, 5.41) is 21.0. The van der Waals surface area contributed by atoms with Crippen LogP contribution in [0.1, 0.15) is 48.1 Å². The number of aliphatic hydroxyl groups is 1. The summed E-state index contributed by atoms with van der Waals surface area (Å²) in [6.07, 6.45) is 0.0944. The van der Waals surface area contributed by atoms with Gasteiger partial charge in [0.2, 0.25) is 0 Å². The van der Waals surface area contributed by atoms with Crippen LogP contribution in [-0.4, -0.2) is 35.3 Å². The molecule has 0 aliphatic carbocycles. The maximum atomic E-state index is 13.5. The van der Waals surface area contributed by atoms with Gasteiger partial charge < -0.3 is 19.1 Å². The van der Waals surface area contributed by atoms with Crippen LogP contribution in [0.4, 0.5) is 0 Å². The minimum Gasteiger partial charge on any atom is -0.478 e. The minimum atomic E-state index is -1.86. The SMILES string of the molecule is CC[C@@]1(O)C(=O)OCc2c1cc1n(c2=O)Cc2cc3c(OCC#N)ccc(C(C)[Si](C)(C)C)c3nc2-1. The second-order valence-electron chi connectivity index (χ2n) is 10.7. The van der Waals surface area contributed by atoms with Gasteiger partial charge >= 0.3 is 5.97 Å². The molecule has 0 saturated heterocycles. The second-order valence-corrected chi connectivity index (χ2v) is 16.3. The van der Waals surface area contributed by atoms with Crippen LogP contribution in [-0.2, 0) is 28.3 Å². The second kappa shape index (κ2) is 8.29. The standard InChI is InChI=1S/C27H29N3O5Si/c1-6-27(33)20-12-21-23-16(13-30(21)25(31)19(20)14-35-26(27)32)11-18-22(34-10-9-28)8-7-17(24(18)29-23)15(2)36(3,4)5/h7-8,11-12,15,33H,6,10,13-14H2,1-5H3/t15?,27-/m0/s1. The van der Waals surface area contributed by atoms with Gasteiger partial charge in [0.05, 0.1) is 37.1 Å². The number of aromatic nitrogens is 2. The Hall–Kier alpha value is -3.48. The van der Waals surface area contributed by atoms with E-state index in [2.05, 4.69) is 26.6 Å². The Labute approximate surface area is 210 Å². The van der Waals surface area contributed by atoms with Crippen molar-refractivity contribution in [2.24, 2.45) is 0 Å². The fourth-order valence-corrected chi connectivity index (χ4v) is 6.28. The van der Waals surface area contributed by atoms with Crippen LogP contribution in [0.5, 0.6) is 5.75 Å². The monoisotopic (exact) mass is 503 g/mol. The quantitative estimate of drug-likeness (QED) is 0.324. The molecule has 1 aromatic carbocycles. The number of rotatable bonds is 5. The third kappa shape index (κ3) is 3.47. The lowest BCUT2D eigenvalue weighted by molar-refractivity contribution is -0.172. The van der Waals surface area contributed by atoms with Gasteiger partial charge in [-0.15, -0.1) is 0 Å². The first-order valence-electron chi connectivity index (χ1n) is 12.1. The van der Waals surface area contributed by atoms with E-state index in [1.165, 1.54) is 0 Å². The normalized spacial score (nSPS) is 19.2. The number of pyridine rings is 2. The zero-order valence-electron chi connectivity index (χ0n) is 21.1. The van der Waals surface area contributed by atoms with Gasteiger partial charge in [-0.05, 0) is 35.7 Å². The van der Waals surface area contributed by atoms with Crippen molar-refractivity contribution in [3.8, 4) is 23.2 Å². The number of hydrogen-bond donors (Lipinski definition) is 1. The highest BCUT2D eigenvalue weighted by Crippen LogP contribution is 2.42. The molecule has 186 valence electrons. The van der Waals surface area contributed by atoms with Crippen molar-refractivity contribution in [3.63, 3.8) is 0 Å². The number of nitriles is 1. The Morgan fingerprint density at radius 3 is 2.72 bits per heavy atom. The lowest BCUT2D eigenvalue weighted by Gasteiger charge is -2.31. The topological polar surface area (TPSA) is 114 Å². The summed E-state index contributed by atoms with van der Waals surface area (Å²) in [6.45, 7) is 10.9. The third-order valence-electron chi connectivity index (χ3n) is 7.73. The highest BCUT2D eigenvalue weighted by atomic mass is 28.3. The van der Waals surface area contributed by atoms with Crippen molar-refractivity contribution in [3.05, 3.63) is 56.9 Å². The van der Waals surface area contributed by atoms with E-state index in [9.17, 15) is 14.7 Å². The van der Waals surface area contributed by atoms with Crippen molar-refractivity contribution < 1.29 is 19.4 Å². The van der Waals surface area contributed by atoms with E-state index in [-0.39, 0.29) is 25.2 Å². The molecule has 8 nitrogen and oxygen atoms in total. The third-order valence-corrected chi connectivity index (χ3v) is 10.6. The minimum absolute atomic E-state index is 0.0782. The van der Waals surface area contributed by atoms with E-state index in [0.717, 1.165) is 22.0 Å². The van der Waals surface area contributed by atoms with Gasteiger partial charge in [0.15, 0.2) is 12.2 Å². The van der Waals surface area contributed by atoms with E-state index in [1.807, 2.05) is 24.3 Å². The van der Waals surface area contributed by atoms with Gasteiger partial charge in [-0.2, -0.15) is 5.26 Å². The van der Waals surface area contributed by atoms with Crippen molar-refractivity contribution in [1.29, 1.82) is 5.26 Å². The lowest BCUT2D eigenvalue weighted by atomic mass is 9.86. The summed E-state index contributed by atoms with van der Waals surface area (Å²) in [6, 6.07) is 9.66. The molecule has 2 aliphatic heterocycles. The molecule has 1 N–H and O–H groups in total. The van der Waals surface area contributed by atoms with Crippen molar-refractivity contribution in [2.75, 3.05) is 6.61 Å². The van der Waals surface area contributed by atoms with Crippen LogP contribution in [0.25, 0.3) is 22.3 Å². The number of hydrogen-bond acceptors (Lipinski definition) is 7. The summed E-state index contributed by atoms with van der Waals surface area (Å²) in [4.78, 5) is 31.0. The molecule has 2 aliphatic rings. The van der Waals surface area contributed by atoms with Crippen LogP contribution in [0.2, 0.25) is 19.6 Å². The Balaban J connectivity index is 1.78. The predicted molar refractivity (Wildman–Crippen MR) is 137 cm³/mol. The summed E-state index contributed by atoms with van der Waals surface area (Å²) in [5.41, 5.74) is 2.69. The Morgan fingerprint density at radius 2 is 2.06 bits per heavy atom. The molecule has 0 fully saturated rings. The molecule has 36 heavy (non-hydrogen) atoms. The van der Waals surface area contributed by atoms with E-state index < -0.39 is 19.6 Å². The molecule has 0 bridgehead atoms. The molecule has 2 atom stereocenters. The molecule has 1 unspecified atom stereocenters. The number of carbonyl (C=O) groups excluding carboxylic acids is 1. The molecular weight excluding hydrogens is 474 g/mol. The van der Waals surface area contributed by atoms with E-state index in [0.29, 0.717) is 40.4 Å². The van der Waals surface area contributed by atoms with Gasteiger partial charge in [-0.1, -0.05) is 39.6 Å². The van der Waals surface area contributed by atoms with Gasteiger partial charge in [-0.25, -0.2) is 9.78 Å². The highest BCUT2D eigenvalue weighted by molar-refractivity contribution is 6.77. The maximum absolute atomic E-state index is 13.5. The smallest absolute Gasteiger partial charge is 0.343 e. The molecule has 0 spiro atoms. The van der Waals surface area contributed by atoms with E-state index in [1.54, 1.807) is 17.6 Å². The van der Waals surface area contributed by atoms with E-state index in [4.69, 9.17) is 19.7 Å². The largest absolute Gasteiger partial charge is 0.478 e. The molecular formula is C27H29N3O5Si. The van der Waals surface area contributed by atoms with Crippen molar-refractivity contribution in [1.82, 2.24) is 9.55 Å². The molecule has 2 aromatic heterocycles. The summed E-state index contributed by atoms with van der Waals surface area (Å²) in [7, 11) is -1.59. The lowest BCUT2D eigenvalue weighted by Crippen LogP contribution is -2.44. The molecule has 0 amide bonds. The fourth-order valence-electron chi connectivity index (χ4n) is 5.11. The van der Waals surface area contributed by atoms with Crippen LogP contribution < -0.4 is 10.3 Å². The molecule has 3 aromatic rings. The number of benzene rings is 1. The summed E-state index contributed by atoms with van der Waals surface area (Å²) >= 11 is 0. The number of nitrogens with zero attached hydrogens (tertiary/aromatic N) is 3. The zero-order chi connectivity index (χ0) is 26.0. The van der Waals surface area contributed by atoms with Crippen LogP contribution in [0.3, 0.4) is 0 Å². The zero-order valence-corrected chi connectivity index (χ0v) is 22.1. The average Bonchev–Trinajstić information content (AvgIpc) is 3.21. The van der Waals surface area contributed by atoms with Gasteiger partial charge in [0.1, 0.15) is 18.4 Å². The first-order chi connectivity index (χ1) is 17.0. The number of fused-ring (bicyclic) bond motifs is 5. The highest BCUT2D eigenvalue weighted by Gasteiger charge is 2.45. The van der Waals surface area contributed by atoms with Gasteiger partial charge in [-0.3, -0.25) is 4.79 Å². The number of carbonyl (C=O) groups is 1. The first-order valence-corrected chi connectivity index (χ1v) is 15.7. The Kier molecular flexibility index (Phi) is 5.58.